The molecule has 1 aliphatic heterocycles. The SMILES string of the molecule is CC(C)(C)c1ccc2nnc(C3CCN(Cc4cn5ccccc5n4)CC3)n2n1. The molecular weight excluding hydrogens is 362 g/mol. The predicted octanol–water partition coefficient (Wildman–Crippen LogP) is 3.45. The summed E-state index contributed by atoms with van der Waals surface area (Å²) in [6.45, 7) is 9.51. The molecule has 0 bridgehead atoms. The molecule has 0 unspecified atom stereocenters. The highest BCUT2D eigenvalue weighted by Crippen LogP contribution is 2.28. The molecule has 1 fully saturated rings. The van der Waals surface area contributed by atoms with Gasteiger partial charge in [-0.2, -0.15) is 9.61 Å². The smallest absolute Gasteiger partial charge is 0.177 e. The van der Waals surface area contributed by atoms with Crippen LogP contribution in [0.2, 0.25) is 0 Å². The van der Waals surface area contributed by atoms with Crippen LogP contribution in [0.25, 0.3) is 11.3 Å². The molecule has 4 aromatic heterocycles. The Morgan fingerprint density at radius 3 is 2.59 bits per heavy atom. The molecule has 0 aliphatic carbocycles. The van der Waals surface area contributed by atoms with Gasteiger partial charge in [0.1, 0.15) is 5.65 Å². The summed E-state index contributed by atoms with van der Waals surface area (Å²) in [7, 11) is 0. The second-order valence-corrected chi connectivity index (χ2v) is 9.05. The van der Waals surface area contributed by atoms with E-state index in [0.717, 1.165) is 61.0 Å². The van der Waals surface area contributed by atoms with Crippen molar-refractivity contribution in [3.05, 3.63) is 59.9 Å². The fourth-order valence-corrected chi connectivity index (χ4v) is 4.10. The highest BCUT2D eigenvalue weighted by molar-refractivity contribution is 5.39. The molecule has 1 aliphatic rings. The molecule has 5 rings (SSSR count). The van der Waals surface area contributed by atoms with Crippen molar-refractivity contribution < 1.29 is 0 Å². The van der Waals surface area contributed by atoms with Gasteiger partial charge in [0.25, 0.3) is 0 Å². The Kier molecular flexibility index (Phi) is 4.35. The molecule has 4 aromatic rings. The molecular formula is C22H27N7. The molecule has 0 aromatic carbocycles. The molecule has 29 heavy (non-hydrogen) atoms. The first-order valence-electron chi connectivity index (χ1n) is 10.4. The Balaban J connectivity index is 1.30. The molecule has 0 saturated carbocycles. The average Bonchev–Trinajstić information content (AvgIpc) is 3.31. The monoisotopic (exact) mass is 389 g/mol. The average molecular weight is 390 g/mol. The summed E-state index contributed by atoms with van der Waals surface area (Å²) >= 11 is 0. The quantitative estimate of drug-likeness (QED) is 0.537. The van der Waals surface area contributed by atoms with Crippen LogP contribution in [-0.2, 0) is 12.0 Å². The lowest BCUT2D eigenvalue weighted by Gasteiger charge is -2.30. The summed E-state index contributed by atoms with van der Waals surface area (Å²) in [4.78, 5) is 7.22. The van der Waals surface area contributed by atoms with Crippen LogP contribution in [0.4, 0.5) is 0 Å². The summed E-state index contributed by atoms with van der Waals surface area (Å²) in [5, 5.41) is 13.7. The standard InChI is InChI=1S/C22H27N7/c1-22(2,3)18-7-8-20-24-25-21(29(20)26-18)16-9-12-27(13-10-16)14-17-15-28-11-5-4-6-19(28)23-17/h4-8,11,15-16H,9-10,12-14H2,1-3H3. The Morgan fingerprint density at radius 2 is 1.83 bits per heavy atom. The molecule has 150 valence electrons. The zero-order chi connectivity index (χ0) is 20.0. The first kappa shape index (κ1) is 18.2. The predicted molar refractivity (Wildman–Crippen MR) is 112 cm³/mol. The normalized spacial score (nSPS) is 16.8. The van der Waals surface area contributed by atoms with Crippen molar-refractivity contribution in [2.75, 3.05) is 13.1 Å². The largest absolute Gasteiger partial charge is 0.307 e. The van der Waals surface area contributed by atoms with E-state index in [4.69, 9.17) is 10.1 Å². The molecule has 7 nitrogen and oxygen atoms in total. The third-order valence-corrected chi connectivity index (χ3v) is 5.81. The number of imidazole rings is 1. The first-order valence-corrected chi connectivity index (χ1v) is 10.4. The molecule has 1 saturated heterocycles. The van der Waals surface area contributed by atoms with Crippen molar-refractivity contribution in [2.45, 2.75) is 51.5 Å². The van der Waals surface area contributed by atoms with Crippen LogP contribution < -0.4 is 0 Å². The van der Waals surface area contributed by atoms with Gasteiger partial charge in [-0.25, -0.2) is 4.98 Å². The van der Waals surface area contributed by atoms with Gasteiger partial charge in [-0.3, -0.25) is 4.90 Å². The van der Waals surface area contributed by atoms with E-state index in [1.165, 1.54) is 0 Å². The van der Waals surface area contributed by atoms with Gasteiger partial charge in [-0.1, -0.05) is 26.8 Å². The van der Waals surface area contributed by atoms with E-state index in [0.29, 0.717) is 5.92 Å². The maximum absolute atomic E-state index is 4.86. The Morgan fingerprint density at radius 1 is 1.00 bits per heavy atom. The van der Waals surface area contributed by atoms with E-state index < -0.39 is 0 Å². The lowest BCUT2D eigenvalue weighted by atomic mass is 9.92. The van der Waals surface area contributed by atoms with Crippen LogP contribution in [0, 0.1) is 0 Å². The number of rotatable bonds is 3. The number of likely N-dealkylation sites (tertiary alicyclic amines) is 1. The van der Waals surface area contributed by atoms with Crippen LogP contribution in [0.15, 0.2) is 42.7 Å². The summed E-state index contributed by atoms with van der Waals surface area (Å²) in [6, 6.07) is 10.2. The summed E-state index contributed by atoms with van der Waals surface area (Å²) in [6.07, 6.45) is 6.31. The van der Waals surface area contributed by atoms with Crippen molar-refractivity contribution in [3.63, 3.8) is 0 Å². The van der Waals surface area contributed by atoms with Gasteiger partial charge >= 0.3 is 0 Å². The minimum Gasteiger partial charge on any atom is -0.307 e. The third-order valence-electron chi connectivity index (χ3n) is 5.81. The fraction of sp³-hybridized carbons (Fsp3) is 0.455. The van der Waals surface area contributed by atoms with Crippen LogP contribution in [0.3, 0.4) is 0 Å². The molecule has 7 heteroatoms. The zero-order valence-electron chi connectivity index (χ0n) is 17.3. The third kappa shape index (κ3) is 3.51. The summed E-state index contributed by atoms with van der Waals surface area (Å²) in [5.41, 5.74) is 4.04. The van der Waals surface area contributed by atoms with E-state index in [1.54, 1.807) is 0 Å². The topological polar surface area (TPSA) is 63.6 Å². The molecule has 0 N–H and O–H groups in total. The molecule has 0 radical (unpaired) electrons. The Labute approximate surface area is 170 Å². The number of piperidine rings is 1. The number of hydrogen-bond donors (Lipinski definition) is 0. The summed E-state index contributed by atoms with van der Waals surface area (Å²) in [5.74, 6) is 1.39. The van der Waals surface area contributed by atoms with Crippen molar-refractivity contribution in [3.8, 4) is 0 Å². The van der Waals surface area contributed by atoms with Crippen molar-refractivity contribution >= 4 is 11.3 Å². The van der Waals surface area contributed by atoms with Crippen molar-refractivity contribution in [1.82, 2.24) is 34.1 Å². The van der Waals surface area contributed by atoms with Gasteiger partial charge in [0.05, 0.1) is 11.4 Å². The number of nitrogens with zero attached hydrogens (tertiary/aromatic N) is 7. The highest BCUT2D eigenvalue weighted by atomic mass is 15.4. The second-order valence-electron chi connectivity index (χ2n) is 9.05. The van der Waals surface area contributed by atoms with E-state index in [-0.39, 0.29) is 5.41 Å². The van der Waals surface area contributed by atoms with Gasteiger partial charge in [0, 0.05) is 30.3 Å². The lowest BCUT2D eigenvalue weighted by molar-refractivity contribution is 0.199. The van der Waals surface area contributed by atoms with E-state index in [1.807, 2.05) is 35.0 Å². The van der Waals surface area contributed by atoms with Gasteiger partial charge in [-0.15, -0.1) is 10.2 Å². The van der Waals surface area contributed by atoms with Crippen LogP contribution in [0.5, 0.6) is 0 Å². The summed E-state index contributed by atoms with van der Waals surface area (Å²) < 4.78 is 4.05. The van der Waals surface area contributed by atoms with E-state index >= 15 is 0 Å². The number of fused-ring (bicyclic) bond motifs is 2. The van der Waals surface area contributed by atoms with Crippen LogP contribution in [0.1, 0.15) is 56.7 Å². The van der Waals surface area contributed by atoms with Crippen LogP contribution in [-0.4, -0.2) is 47.2 Å². The van der Waals surface area contributed by atoms with Gasteiger partial charge < -0.3 is 4.40 Å². The first-order chi connectivity index (χ1) is 14.0. The van der Waals surface area contributed by atoms with Gasteiger partial charge in [-0.05, 0) is 50.2 Å². The zero-order valence-corrected chi connectivity index (χ0v) is 17.3. The minimum absolute atomic E-state index is 0.00713. The minimum atomic E-state index is 0.00713. The number of pyridine rings is 1. The lowest BCUT2D eigenvalue weighted by Crippen LogP contribution is -2.33. The molecule has 0 amide bonds. The molecule has 0 atom stereocenters. The Bertz CT molecular complexity index is 1110. The second kappa shape index (κ2) is 6.91. The molecule has 0 spiro atoms. The van der Waals surface area contributed by atoms with Crippen molar-refractivity contribution in [1.29, 1.82) is 0 Å². The maximum atomic E-state index is 4.86. The van der Waals surface area contributed by atoms with Gasteiger partial charge in [0.15, 0.2) is 11.5 Å². The van der Waals surface area contributed by atoms with Crippen molar-refractivity contribution in [2.24, 2.45) is 0 Å². The molecule has 5 heterocycles. The fourth-order valence-electron chi connectivity index (χ4n) is 4.10. The van der Waals surface area contributed by atoms with E-state index in [9.17, 15) is 0 Å². The maximum Gasteiger partial charge on any atom is 0.177 e. The number of aromatic nitrogens is 6. The highest BCUT2D eigenvalue weighted by Gasteiger charge is 2.26. The Hall–Kier alpha value is -2.80. The van der Waals surface area contributed by atoms with Crippen LogP contribution >= 0.6 is 0 Å². The van der Waals surface area contributed by atoms with E-state index in [2.05, 4.69) is 52.5 Å². The number of hydrogen-bond acceptors (Lipinski definition) is 5. The van der Waals surface area contributed by atoms with Gasteiger partial charge in [0.2, 0.25) is 0 Å².